The molecule has 14 heavy (non-hydrogen) atoms. The summed E-state index contributed by atoms with van der Waals surface area (Å²) in [5.41, 5.74) is 1.68. The van der Waals surface area contributed by atoms with E-state index in [1.165, 1.54) is 12.8 Å². The molecule has 1 aromatic carbocycles. The van der Waals surface area contributed by atoms with E-state index in [2.05, 4.69) is 18.3 Å². The van der Waals surface area contributed by atoms with Gasteiger partial charge in [-0.25, -0.2) is 0 Å². The molecular formula is C12H16N2. The summed E-state index contributed by atoms with van der Waals surface area (Å²) < 4.78 is 0. The molecule has 1 rings (SSSR count). The molecule has 2 heteroatoms. The van der Waals surface area contributed by atoms with Crippen LogP contribution in [0, 0.1) is 11.3 Å². The van der Waals surface area contributed by atoms with Gasteiger partial charge in [0.25, 0.3) is 0 Å². The molecule has 0 amide bonds. The zero-order valence-corrected chi connectivity index (χ0v) is 8.59. The Bertz CT molecular complexity index is 312. The standard InChI is InChI=1S/C12H16N2/c1-2-3-6-9-14-12-8-5-4-7-11(12)10-13/h4-5,7-8,14H,2-3,6,9H2,1H3. The van der Waals surface area contributed by atoms with Gasteiger partial charge in [0.15, 0.2) is 0 Å². The third-order valence-corrected chi connectivity index (χ3v) is 2.14. The van der Waals surface area contributed by atoms with Gasteiger partial charge in [-0.1, -0.05) is 31.9 Å². The van der Waals surface area contributed by atoms with Crippen LogP contribution in [0.5, 0.6) is 0 Å². The van der Waals surface area contributed by atoms with Gasteiger partial charge < -0.3 is 5.32 Å². The van der Waals surface area contributed by atoms with Crippen molar-refractivity contribution in [3.05, 3.63) is 29.8 Å². The summed E-state index contributed by atoms with van der Waals surface area (Å²) in [7, 11) is 0. The first-order valence-electron chi connectivity index (χ1n) is 5.11. The molecule has 0 aliphatic rings. The zero-order chi connectivity index (χ0) is 10.2. The van der Waals surface area contributed by atoms with E-state index in [0.717, 1.165) is 24.2 Å². The first kappa shape index (κ1) is 10.6. The Morgan fingerprint density at radius 3 is 2.79 bits per heavy atom. The lowest BCUT2D eigenvalue weighted by Crippen LogP contribution is -2.02. The van der Waals surface area contributed by atoms with Gasteiger partial charge in [0.2, 0.25) is 0 Å². The highest BCUT2D eigenvalue weighted by Crippen LogP contribution is 2.13. The quantitative estimate of drug-likeness (QED) is 0.720. The van der Waals surface area contributed by atoms with Crippen LogP contribution in [-0.4, -0.2) is 6.54 Å². The minimum atomic E-state index is 0.726. The van der Waals surface area contributed by atoms with Crippen molar-refractivity contribution in [2.45, 2.75) is 26.2 Å². The minimum absolute atomic E-state index is 0.726. The topological polar surface area (TPSA) is 35.8 Å². The van der Waals surface area contributed by atoms with Crippen molar-refractivity contribution < 1.29 is 0 Å². The lowest BCUT2D eigenvalue weighted by atomic mass is 10.2. The van der Waals surface area contributed by atoms with Gasteiger partial charge >= 0.3 is 0 Å². The largest absolute Gasteiger partial charge is 0.384 e. The maximum atomic E-state index is 8.83. The van der Waals surface area contributed by atoms with Crippen molar-refractivity contribution in [1.82, 2.24) is 0 Å². The Hall–Kier alpha value is -1.49. The van der Waals surface area contributed by atoms with Crippen LogP contribution in [0.1, 0.15) is 31.7 Å². The summed E-state index contributed by atoms with van der Waals surface area (Å²) in [5.74, 6) is 0. The average Bonchev–Trinajstić information content (AvgIpc) is 2.25. The smallest absolute Gasteiger partial charge is 0.101 e. The van der Waals surface area contributed by atoms with E-state index >= 15 is 0 Å². The molecule has 2 nitrogen and oxygen atoms in total. The molecule has 1 aromatic rings. The zero-order valence-electron chi connectivity index (χ0n) is 8.59. The lowest BCUT2D eigenvalue weighted by molar-refractivity contribution is 0.743. The molecule has 0 unspecified atom stereocenters. The van der Waals surface area contributed by atoms with E-state index in [1.807, 2.05) is 24.3 Å². The molecule has 0 heterocycles. The van der Waals surface area contributed by atoms with Crippen LogP contribution in [0.3, 0.4) is 0 Å². The van der Waals surface area contributed by atoms with Crippen molar-refractivity contribution in [3.8, 4) is 6.07 Å². The van der Waals surface area contributed by atoms with Gasteiger partial charge in [-0.3, -0.25) is 0 Å². The number of anilines is 1. The first-order valence-corrected chi connectivity index (χ1v) is 5.11. The highest BCUT2D eigenvalue weighted by Gasteiger charge is 1.97. The van der Waals surface area contributed by atoms with Gasteiger partial charge in [-0.15, -0.1) is 0 Å². The van der Waals surface area contributed by atoms with Crippen molar-refractivity contribution in [3.63, 3.8) is 0 Å². The molecule has 0 fully saturated rings. The molecule has 0 atom stereocenters. The van der Waals surface area contributed by atoms with Gasteiger partial charge in [0.05, 0.1) is 11.3 Å². The summed E-state index contributed by atoms with van der Waals surface area (Å²) in [6, 6.07) is 9.79. The van der Waals surface area contributed by atoms with Crippen LogP contribution in [0.2, 0.25) is 0 Å². The summed E-state index contributed by atoms with van der Waals surface area (Å²) in [6.07, 6.45) is 3.62. The second-order valence-corrected chi connectivity index (χ2v) is 3.29. The number of nitriles is 1. The van der Waals surface area contributed by atoms with Crippen molar-refractivity contribution in [1.29, 1.82) is 5.26 Å². The van der Waals surface area contributed by atoms with Crippen LogP contribution in [0.25, 0.3) is 0 Å². The van der Waals surface area contributed by atoms with Gasteiger partial charge in [-0.2, -0.15) is 5.26 Å². The second kappa shape index (κ2) is 6.04. The summed E-state index contributed by atoms with van der Waals surface area (Å²) in [6.45, 7) is 3.13. The molecule has 0 saturated heterocycles. The number of benzene rings is 1. The number of nitrogens with zero attached hydrogens (tertiary/aromatic N) is 1. The Morgan fingerprint density at radius 1 is 1.29 bits per heavy atom. The summed E-state index contributed by atoms with van der Waals surface area (Å²) in [5, 5.41) is 12.1. The third kappa shape index (κ3) is 3.10. The molecule has 0 saturated carbocycles. The normalized spacial score (nSPS) is 9.43. The Kier molecular flexibility index (Phi) is 4.57. The van der Waals surface area contributed by atoms with E-state index < -0.39 is 0 Å². The van der Waals surface area contributed by atoms with Crippen molar-refractivity contribution >= 4 is 5.69 Å². The SMILES string of the molecule is CCCCCNc1ccccc1C#N. The molecule has 74 valence electrons. The first-order chi connectivity index (χ1) is 6.88. The van der Waals surface area contributed by atoms with Crippen molar-refractivity contribution in [2.75, 3.05) is 11.9 Å². The van der Waals surface area contributed by atoms with Gasteiger partial charge in [-0.05, 0) is 18.6 Å². The molecule has 0 aliphatic carbocycles. The summed E-state index contributed by atoms with van der Waals surface area (Å²) >= 11 is 0. The molecule has 0 bridgehead atoms. The molecule has 0 radical (unpaired) electrons. The van der Waals surface area contributed by atoms with Crippen LogP contribution >= 0.6 is 0 Å². The maximum absolute atomic E-state index is 8.83. The monoisotopic (exact) mass is 188 g/mol. The van der Waals surface area contributed by atoms with Crippen LogP contribution < -0.4 is 5.32 Å². The number of hydrogen-bond acceptors (Lipinski definition) is 2. The Balaban J connectivity index is 2.46. The number of nitrogens with one attached hydrogen (secondary N) is 1. The Labute approximate surface area is 85.6 Å². The van der Waals surface area contributed by atoms with E-state index in [0.29, 0.717) is 0 Å². The average molecular weight is 188 g/mol. The molecule has 0 aliphatic heterocycles. The summed E-state index contributed by atoms with van der Waals surface area (Å²) in [4.78, 5) is 0. The predicted octanol–water partition coefficient (Wildman–Crippen LogP) is 3.16. The minimum Gasteiger partial charge on any atom is -0.384 e. The number of hydrogen-bond donors (Lipinski definition) is 1. The van der Waals surface area contributed by atoms with Crippen LogP contribution in [0.15, 0.2) is 24.3 Å². The van der Waals surface area contributed by atoms with E-state index in [1.54, 1.807) is 0 Å². The van der Waals surface area contributed by atoms with E-state index in [-0.39, 0.29) is 0 Å². The third-order valence-electron chi connectivity index (χ3n) is 2.14. The highest BCUT2D eigenvalue weighted by atomic mass is 14.9. The van der Waals surface area contributed by atoms with Gasteiger partial charge in [0.1, 0.15) is 6.07 Å². The number of unbranched alkanes of at least 4 members (excludes halogenated alkanes) is 2. The second-order valence-electron chi connectivity index (χ2n) is 3.29. The van der Waals surface area contributed by atoms with E-state index in [4.69, 9.17) is 5.26 Å². The number of rotatable bonds is 5. The Morgan fingerprint density at radius 2 is 2.07 bits per heavy atom. The molecular weight excluding hydrogens is 172 g/mol. The highest BCUT2D eigenvalue weighted by molar-refractivity contribution is 5.56. The molecule has 1 N–H and O–H groups in total. The van der Waals surface area contributed by atoms with Crippen LogP contribution in [-0.2, 0) is 0 Å². The fourth-order valence-electron chi connectivity index (χ4n) is 1.33. The van der Waals surface area contributed by atoms with Crippen molar-refractivity contribution in [2.24, 2.45) is 0 Å². The molecule has 0 spiro atoms. The predicted molar refractivity (Wildman–Crippen MR) is 59.2 cm³/mol. The lowest BCUT2D eigenvalue weighted by Gasteiger charge is -2.06. The van der Waals surface area contributed by atoms with Crippen LogP contribution in [0.4, 0.5) is 5.69 Å². The van der Waals surface area contributed by atoms with E-state index in [9.17, 15) is 0 Å². The fourth-order valence-corrected chi connectivity index (χ4v) is 1.33. The fraction of sp³-hybridized carbons (Fsp3) is 0.417. The molecule has 0 aromatic heterocycles. The maximum Gasteiger partial charge on any atom is 0.101 e. The van der Waals surface area contributed by atoms with Gasteiger partial charge in [0, 0.05) is 6.54 Å². The number of para-hydroxylation sites is 1.